The van der Waals surface area contributed by atoms with Crippen molar-refractivity contribution in [3.05, 3.63) is 35.9 Å². The van der Waals surface area contributed by atoms with Gasteiger partial charge in [0.05, 0.1) is 11.0 Å². The minimum Gasteiger partial charge on any atom is -0.355 e. The molecule has 0 saturated carbocycles. The van der Waals surface area contributed by atoms with Gasteiger partial charge in [0.2, 0.25) is 5.95 Å². The van der Waals surface area contributed by atoms with E-state index in [-0.39, 0.29) is 0 Å². The number of nitrogens with zero attached hydrogens (tertiary/aromatic N) is 2. The van der Waals surface area contributed by atoms with E-state index in [0.29, 0.717) is 0 Å². The maximum atomic E-state index is 4.63. The molecule has 19 heavy (non-hydrogen) atoms. The SMILES string of the molecule is Cn1c(NCCC2=CCCCC2)nc2ccccc21. The highest BCUT2D eigenvalue weighted by molar-refractivity contribution is 5.78. The molecule has 0 bridgehead atoms. The summed E-state index contributed by atoms with van der Waals surface area (Å²) in [5.41, 5.74) is 3.85. The second-order valence-corrected chi connectivity index (χ2v) is 5.27. The molecule has 3 rings (SSSR count). The summed E-state index contributed by atoms with van der Waals surface area (Å²) in [6, 6.07) is 8.26. The highest BCUT2D eigenvalue weighted by atomic mass is 15.2. The van der Waals surface area contributed by atoms with E-state index in [2.05, 4.69) is 46.2 Å². The molecule has 2 aromatic rings. The average molecular weight is 255 g/mol. The van der Waals surface area contributed by atoms with Gasteiger partial charge in [-0.05, 0) is 44.2 Å². The van der Waals surface area contributed by atoms with E-state index in [4.69, 9.17) is 0 Å². The fourth-order valence-electron chi connectivity index (χ4n) is 2.77. The largest absolute Gasteiger partial charge is 0.355 e. The normalized spacial score (nSPS) is 15.5. The number of anilines is 1. The molecule has 0 amide bonds. The standard InChI is InChI=1S/C16H21N3/c1-19-15-10-6-5-9-14(15)18-16(19)17-12-11-13-7-3-2-4-8-13/h5-7,9-10H,2-4,8,11-12H2,1H3,(H,17,18). The van der Waals surface area contributed by atoms with Gasteiger partial charge in [-0.15, -0.1) is 0 Å². The number of para-hydroxylation sites is 2. The molecule has 0 aliphatic heterocycles. The lowest BCUT2D eigenvalue weighted by molar-refractivity contribution is 0.678. The third kappa shape index (κ3) is 2.65. The zero-order valence-corrected chi connectivity index (χ0v) is 11.5. The Labute approximate surface area is 114 Å². The lowest BCUT2D eigenvalue weighted by atomic mass is 9.97. The van der Waals surface area contributed by atoms with Gasteiger partial charge in [0.1, 0.15) is 0 Å². The molecule has 0 unspecified atom stereocenters. The third-order valence-corrected chi connectivity index (χ3v) is 3.90. The van der Waals surface area contributed by atoms with Crippen LogP contribution in [0.2, 0.25) is 0 Å². The van der Waals surface area contributed by atoms with Crippen molar-refractivity contribution in [3.8, 4) is 0 Å². The smallest absolute Gasteiger partial charge is 0.203 e. The third-order valence-electron chi connectivity index (χ3n) is 3.90. The number of hydrogen-bond donors (Lipinski definition) is 1. The molecule has 1 aromatic carbocycles. The van der Waals surface area contributed by atoms with Gasteiger partial charge in [0, 0.05) is 13.6 Å². The quantitative estimate of drug-likeness (QED) is 0.840. The van der Waals surface area contributed by atoms with Crippen LogP contribution in [0.15, 0.2) is 35.9 Å². The minimum atomic E-state index is 0.970. The van der Waals surface area contributed by atoms with Crippen molar-refractivity contribution in [1.82, 2.24) is 9.55 Å². The molecule has 1 aliphatic rings. The summed E-state index contributed by atoms with van der Waals surface area (Å²) in [5, 5.41) is 3.46. The molecular weight excluding hydrogens is 234 g/mol. The summed E-state index contributed by atoms with van der Waals surface area (Å²) in [7, 11) is 2.07. The first kappa shape index (κ1) is 12.3. The monoisotopic (exact) mass is 255 g/mol. The Bertz CT molecular complexity index is 595. The topological polar surface area (TPSA) is 29.9 Å². The van der Waals surface area contributed by atoms with Gasteiger partial charge in [0.25, 0.3) is 0 Å². The van der Waals surface area contributed by atoms with Crippen LogP contribution in [0.1, 0.15) is 32.1 Å². The number of benzene rings is 1. The summed E-state index contributed by atoms with van der Waals surface area (Å²) in [6.45, 7) is 0.975. The van der Waals surface area contributed by atoms with Crippen LogP contribution >= 0.6 is 0 Å². The molecular formula is C16H21N3. The predicted octanol–water partition coefficient (Wildman–Crippen LogP) is 3.88. The van der Waals surface area contributed by atoms with Gasteiger partial charge in [-0.25, -0.2) is 4.98 Å². The number of allylic oxidation sites excluding steroid dienone is 1. The fourth-order valence-corrected chi connectivity index (χ4v) is 2.77. The summed E-state index contributed by atoms with van der Waals surface area (Å²) < 4.78 is 2.13. The number of imidazole rings is 1. The molecule has 3 heteroatoms. The molecule has 1 heterocycles. The summed E-state index contributed by atoms with van der Waals surface area (Å²) in [5.74, 6) is 0.970. The van der Waals surface area contributed by atoms with Crippen LogP contribution in [0.4, 0.5) is 5.95 Å². The van der Waals surface area contributed by atoms with Crippen LogP contribution < -0.4 is 5.32 Å². The van der Waals surface area contributed by atoms with E-state index in [1.165, 1.54) is 31.2 Å². The molecule has 0 spiro atoms. The van der Waals surface area contributed by atoms with Crippen molar-refractivity contribution < 1.29 is 0 Å². The zero-order chi connectivity index (χ0) is 13.1. The van der Waals surface area contributed by atoms with Crippen molar-refractivity contribution in [2.45, 2.75) is 32.1 Å². The van der Waals surface area contributed by atoms with Crippen molar-refractivity contribution in [1.29, 1.82) is 0 Å². The van der Waals surface area contributed by atoms with Crippen LogP contribution in [0.3, 0.4) is 0 Å². The molecule has 1 aromatic heterocycles. The van der Waals surface area contributed by atoms with Crippen LogP contribution in [0.25, 0.3) is 11.0 Å². The molecule has 0 atom stereocenters. The number of aryl methyl sites for hydroxylation is 1. The Kier molecular flexibility index (Phi) is 3.53. The second kappa shape index (κ2) is 5.47. The van der Waals surface area contributed by atoms with Gasteiger partial charge in [0.15, 0.2) is 0 Å². The molecule has 100 valence electrons. The molecule has 1 aliphatic carbocycles. The lowest BCUT2D eigenvalue weighted by Gasteiger charge is -2.13. The summed E-state index contributed by atoms with van der Waals surface area (Å²) >= 11 is 0. The van der Waals surface area contributed by atoms with E-state index in [0.717, 1.165) is 24.4 Å². The zero-order valence-electron chi connectivity index (χ0n) is 11.5. The highest BCUT2D eigenvalue weighted by Crippen LogP contribution is 2.21. The van der Waals surface area contributed by atoms with Crippen LogP contribution in [0.5, 0.6) is 0 Å². The first-order valence-electron chi connectivity index (χ1n) is 7.18. The number of nitrogens with one attached hydrogen (secondary N) is 1. The number of rotatable bonds is 4. The van der Waals surface area contributed by atoms with E-state index in [1.54, 1.807) is 5.57 Å². The number of aromatic nitrogens is 2. The molecule has 0 radical (unpaired) electrons. The minimum absolute atomic E-state index is 0.970. The number of fused-ring (bicyclic) bond motifs is 1. The van der Waals surface area contributed by atoms with Gasteiger partial charge in [-0.3, -0.25) is 0 Å². The Morgan fingerprint density at radius 2 is 2.16 bits per heavy atom. The van der Waals surface area contributed by atoms with Crippen LogP contribution in [-0.4, -0.2) is 16.1 Å². The predicted molar refractivity (Wildman–Crippen MR) is 80.4 cm³/mol. The summed E-state index contributed by atoms with van der Waals surface area (Å²) in [6.07, 6.45) is 8.83. The first-order valence-corrected chi connectivity index (χ1v) is 7.18. The number of hydrogen-bond acceptors (Lipinski definition) is 2. The first-order chi connectivity index (χ1) is 9.34. The molecule has 1 N–H and O–H groups in total. The maximum absolute atomic E-state index is 4.63. The van der Waals surface area contributed by atoms with Crippen molar-refractivity contribution in [3.63, 3.8) is 0 Å². The summed E-state index contributed by atoms with van der Waals surface area (Å²) in [4.78, 5) is 4.63. The lowest BCUT2D eigenvalue weighted by Crippen LogP contribution is -2.08. The van der Waals surface area contributed by atoms with E-state index in [1.807, 2.05) is 6.07 Å². The van der Waals surface area contributed by atoms with Gasteiger partial charge in [-0.2, -0.15) is 0 Å². The van der Waals surface area contributed by atoms with Crippen molar-refractivity contribution >= 4 is 17.0 Å². The fraction of sp³-hybridized carbons (Fsp3) is 0.438. The van der Waals surface area contributed by atoms with Crippen LogP contribution in [-0.2, 0) is 7.05 Å². The Hall–Kier alpha value is -1.77. The molecule has 0 saturated heterocycles. The van der Waals surface area contributed by atoms with E-state index in [9.17, 15) is 0 Å². The van der Waals surface area contributed by atoms with Crippen molar-refractivity contribution in [2.24, 2.45) is 7.05 Å². The highest BCUT2D eigenvalue weighted by Gasteiger charge is 2.07. The van der Waals surface area contributed by atoms with Crippen LogP contribution in [0, 0.1) is 0 Å². The van der Waals surface area contributed by atoms with Crippen molar-refractivity contribution in [2.75, 3.05) is 11.9 Å². The Morgan fingerprint density at radius 1 is 1.26 bits per heavy atom. The second-order valence-electron chi connectivity index (χ2n) is 5.27. The van der Waals surface area contributed by atoms with Gasteiger partial charge < -0.3 is 9.88 Å². The Morgan fingerprint density at radius 3 is 2.95 bits per heavy atom. The molecule has 0 fully saturated rings. The van der Waals surface area contributed by atoms with E-state index < -0.39 is 0 Å². The van der Waals surface area contributed by atoms with Gasteiger partial charge in [-0.1, -0.05) is 23.8 Å². The maximum Gasteiger partial charge on any atom is 0.203 e. The van der Waals surface area contributed by atoms with E-state index >= 15 is 0 Å². The molecule has 3 nitrogen and oxygen atoms in total. The Balaban J connectivity index is 1.65. The average Bonchev–Trinajstić information content (AvgIpc) is 2.78. The van der Waals surface area contributed by atoms with Gasteiger partial charge >= 0.3 is 0 Å².